The second-order valence-electron chi connectivity index (χ2n) is 5.85. The highest BCUT2D eigenvalue weighted by Gasteiger charge is 2.32. The van der Waals surface area contributed by atoms with Crippen molar-refractivity contribution in [1.82, 2.24) is 10.3 Å². The Bertz CT molecular complexity index is 1180. The smallest absolute Gasteiger partial charge is 0.287 e. The molecule has 0 unspecified atom stereocenters. The maximum absolute atomic E-state index is 12.6. The van der Waals surface area contributed by atoms with E-state index in [4.69, 9.17) is 11.6 Å². The van der Waals surface area contributed by atoms with Crippen LogP contribution in [0.2, 0.25) is 5.15 Å². The lowest BCUT2D eigenvalue weighted by atomic mass is 10.2. The van der Waals surface area contributed by atoms with Crippen molar-refractivity contribution in [1.29, 1.82) is 0 Å². The number of carbonyl (C=O) groups is 1. The molecule has 0 spiro atoms. The van der Waals surface area contributed by atoms with E-state index in [1.807, 2.05) is 18.2 Å². The number of nitrogens with one attached hydrogen (secondary N) is 1. The topological polar surface area (TPSA) is 91.7 Å². The molecular formula is C19H13ClN4O3S. The third-order valence-electron chi connectivity index (χ3n) is 4.03. The summed E-state index contributed by atoms with van der Waals surface area (Å²) in [5.41, 5.74) is 1.27. The molecule has 1 aliphatic rings. The van der Waals surface area contributed by atoms with Crippen molar-refractivity contribution in [2.24, 2.45) is 4.40 Å². The number of anilines is 2. The van der Waals surface area contributed by atoms with Crippen molar-refractivity contribution >= 4 is 44.9 Å². The Morgan fingerprint density at radius 2 is 1.68 bits per heavy atom. The van der Waals surface area contributed by atoms with Crippen molar-refractivity contribution in [2.75, 3.05) is 4.90 Å². The van der Waals surface area contributed by atoms with Gasteiger partial charge in [-0.2, -0.15) is 8.42 Å². The van der Waals surface area contributed by atoms with Gasteiger partial charge in [-0.15, -0.1) is 4.40 Å². The van der Waals surface area contributed by atoms with Gasteiger partial charge in [-0.25, -0.2) is 4.98 Å². The summed E-state index contributed by atoms with van der Waals surface area (Å²) in [5, 5.41) is 2.82. The lowest BCUT2D eigenvalue weighted by Crippen LogP contribution is -2.44. The van der Waals surface area contributed by atoms with Gasteiger partial charge in [0.1, 0.15) is 10.0 Å². The van der Waals surface area contributed by atoms with Crippen LogP contribution in [-0.2, 0) is 10.0 Å². The average Bonchev–Trinajstić information content (AvgIpc) is 2.69. The number of pyridine rings is 1. The van der Waals surface area contributed by atoms with E-state index in [1.54, 1.807) is 35.2 Å². The number of aromatic nitrogens is 1. The van der Waals surface area contributed by atoms with Gasteiger partial charge in [0.25, 0.3) is 15.9 Å². The highest BCUT2D eigenvalue weighted by atomic mass is 35.5. The molecule has 2 heterocycles. The number of sulfonamides is 1. The first-order valence-electron chi connectivity index (χ1n) is 8.18. The lowest BCUT2D eigenvalue weighted by molar-refractivity contribution is 0.0976. The first kappa shape index (κ1) is 18.1. The number of fused-ring (bicyclic) bond motifs is 1. The number of nitrogens with zero attached hydrogens (tertiary/aromatic N) is 3. The Morgan fingerprint density at radius 3 is 2.39 bits per heavy atom. The molecule has 1 N–H and O–H groups in total. The zero-order valence-electron chi connectivity index (χ0n) is 14.3. The van der Waals surface area contributed by atoms with Crippen LogP contribution < -0.4 is 10.2 Å². The summed E-state index contributed by atoms with van der Waals surface area (Å²) in [7, 11) is -3.97. The quantitative estimate of drug-likeness (QED) is 0.651. The van der Waals surface area contributed by atoms with Crippen molar-refractivity contribution in [2.45, 2.75) is 4.90 Å². The minimum atomic E-state index is -3.97. The summed E-state index contributed by atoms with van der Waals surface area (Å²) < 4.78 is 29.1. The van der Waals surface area contributed by atoms with Gasteiger partial charge in [-0.3, -0.25) is 15.0 Å². The Labute approximate surface area is 166 Å². The van der Waals surface area contributed by atoms with Gasteiger partial charge in [0.2, 0.25) is 5.96 Å². The minimum absolute atomic E-state index is 0.0602. The molecule has 7 nitrogen and oxygen atoms in total. The van der Waals surface area contributed by atoms with Crippen LogP contribution in [0.1, 0.15) is 10.4 Å². The maximum Gasteiger partial charge on any atom is 0.287 e. The van der Waals surface area contributed by atoms with Crippen LogP contribution in [0.5, 0.6) is 0 Å². The normalized spacial score (nSPS) is 14.8. The van der Waals surface area contributed by atoms with Crippen molar-refractivity contribution in [3.8, 4) is 0 Å². The second-order valence-corrected chi connectivity index (χ2v) is 7.81. The van der Waals surface area contributed by atoms with Gasteiger partial charge in [-0.05, 0) is 36.4 Å². The number of amides is 1. The van der Waals surface area contributed by atoms with Crippen molar-refractivity contribution < 1.29 is 13.2 Å². The van der Waals surface area contributed by atoms with Gasteiger partial charge < -0.3 is 0 Å². The number of para-hydroxylation sites is 2. The second kappa shape index (κ2) is 7.06. The van der Waals surface area contributed by atoms with Crippen LogP contribution in [0, 0.1) is 0 Å². The molecule has 4 rings (SSSR count). The van der Waals surface area contributed by atoms with E-state index in [0.717, 1.165) is 0 Å². The monoisotopic (exact) mass is 412 g/mol. The fourth-order valence-electron chi connectivity index (χ4n) is 2.78. The highest BCUT2D eigenvalue weighted by molar-refractivity contribution is 7.90. The van der Waals surface area contributed by atoms with Gasteiger partial charge in [0.15, 0.2) is 0 Å². The molecule has 1 amide bonds. The number of hydrogen-bond donors (Lipinski definition) is 1. The SMILES string of the molecule is O=C(NC1=NS(=O)(=O)c2ccccc2N1c1ccccc1)c1ccc(Cl)nc1. The number of hydrogen-bond acceptors (Lipinski definition) is 5. The summed E-state index contributed by atoms with van der Waals surface area (Å²) in [6.07, 6.45) is 1.30. The largest absolute Gasteiger partial charge is 0.291 e. The van der Waals surface area contributed by atoms with E-state index in [0.29, 0.717) is 11.4 Å². The molecule has 1 aliphatic heterocycles. The summed E-state index contributed by atoms with van der Waals surface area (Å²) >= 11 is 5.75. The Hall–Kier alpha value is -3.23. The van der Waals surface area contributed by atoms with E-state index < -0.39 is 15.9 Å². The van der Waals surface area contributed by atoms with E-state index in [9.17, 15) is 13.2 Å². The standard InChI is InChI=1S/C19H13ClN4O3S/c20-17-11-10-13(12-21-17)18(25)22-19-23-28(26,27)16-9-5-4-8-15(16)24(19)14-6-2-1-3-7-14/h1-12H,(H,22,23,25). The van der Waals surface area contributed by atoms with E-state index >= 15 is 0 Å². The first-order chi connectivity index (χ1) is 13.5. The fraction of sp³-hybridized carbons (Fsp3) is 0. The zero-order valence-corrected chi connectivity index (χ0v) is 15.9. The van der Waals surface area contributed by atoms with Crippen LogP contribution in [0.4, 0.5) is 11.4 Å². The first-order valence-corrected chi connectivity index (χ1v) is 9.99. The zero-order chi connectivity index (χ0) is 19.7. The summed E-state index contributed by atoms with van der Waals surface area (Å²) in [5.74, 6) is -0.678. The van der Waals surface area contributed by atoms with E-state index in [1.165, 1.54) is 24.4 Å². The lowest BCUT2D eigenvalue weighted by Gasteiger charge is -2.30. The van der Waals surface area contributed by atoms with Crippen LogP contribution in [-0.4, -0.2) is 25.3 Å². The Balaban J connectivity index is 1.80. The molecule has 28 heavy (non-hydrogen) atoms. The molecule has 3 aromatic rings. The molecule has 0 fully saturated rings. The molecule has 1 aromatic heterocycles. The minimum Gasteiger partial charge on any atom is -0.291 e. The number of rotatable bonds is 2. The van der Waals surface area contributed by atoms with Crippen molar-refractivity contribution in [3.63, 3.8) is 0 Å². The predicted octanol–water partition coefficient (Wildman–Crippen LogP) is 3.36. The van der Waals surface area contributed by atoms with E-state index in [-0.39, 0.29) is 21.6 Å². The molecule has 0 saturated heterocycles. The highest BCUT2D eigenvalue weighted by Crippen LogP contribution is 2.35. The van der Waals surface area contributed by atoms with Crippen molar-refractivity contribution in [3.05, 3.63) is 83.6 Å². The summed E-state index contributed by atoms with van der Waals surface area (Å²) in [6, 6.07) is 18.5. The molecule has 140 valence electrons. The number of benzene rings is 2. The molecule has 0 aliphatic carbocycles. The summed E-state index contributed by atoms with van der Waals surface area (Å²) in [6.45, 7) is 0. The predicted molar refractivity (Wildman–Crippen MR) is 106 cm³/mol. The average molecular weight is 413 g/mol. The Morgan fingerprint density at radius 1 is 0.964 bits per heavy atom. The number of carbonyl (C=O) groups excluding carboxylic acids is 1. The molecular weight excluding hydrogens is 400 g/mol. The third kappa shape index (κ3) is 3.35. The fourth-order valence-corrected chi connectivity index (χ4v) is 4.02. The third-order valence-corrected chi connectivity index (χ3v) is 5.57. The molecule has 0 atom stereocenters. The van der Waals surface area contributed by atoms with Gasteiger partial charge in [-0.1, -0.05) is 41.9 Å². The molecule has 9 heteroatoms. The number of halogens is 1. The Kier molecular flexibility index (Phi) is 4.58. The van der Waals surface area contributed by atoms with Gasteiger partial charge >= 0.3 is 0 Å². The molecule has 0 saturated carbocycles. The van der Waals surface area contributed by atoms with Gasteiger partial charge in [0.05, 0.1) is 11.3 Å². The van der Waals surface area contributed by atoms with Gasteiger partial charge in [0, 0.05) is 11.9 Å². The van der Waals surface area contributed by atoms with Crippen LogP contribution in [0.15, 0.2) is 82.2 Å². The van der Waals surface area contributed by atoms with Crippen LogP contribution >= 0.6 is 11.6 Å². The molecule has 2 aromatic carbocycles. The number of guanidine groups is 1. The van der Waals surface area contributed by atoms with Crippen LogP contribution in [0.25, 0.3) is 0 Å². The maximum atomic E-state index is 12.6. The summed E-state index contributed by atoms with van der Waals surface area (Å²) in [4.78, 5) is 18.1. The van der Waals surface area contributed by atoms with Crippen LogP contribution in [0.3, 0.4) is 0 Å². The molecule has 0 radical (unpaired) electrons. The van der Waals surface area contributed by atoms with E-state index in [2.05, 4.69) is 14.7 Å². The molecule has 0 bridgehead atoms.